The number of rotatable bonds is 8. The molecule has 14 heteroatoms. The van der Waals surface area contributed by atoms with Crippen LogP contribution in [0.15, 0.2) is 23.3 Å². The smallest absolute Gasteiger partial charge is 0.309 e. The van der Waals surface area contributed by atoms with E-state index in [1.807, 2.05) is 20.8 Å². The summed E-state index contributed by atoms with van der Waals surface area (Å²) >= 11 is 0. The van der Waals surface area contributed by atoms with Crippen molar-refractivity contribution in [1.29, 1.82) is 0 Å². The molecule has 14 nitrogen and oxygen atoms in total. The number of hydrogen-bond acceptors (Lipinski definition) is 14. The standard InChI is InChI=1S/C42H64O14/c1-20-36(44)30(46-6)18-34(51-20)54-37-21(2)52-33(16-28(37)43)55-38-22(3)50-29(17-31(38)47-7)23-13-14-41(4)24(15-23)9-10-25-27(41)12-11-26-35-32(53-39(25)45)19-49-42(35,5)56-40(26)48-8/h9,11,20-23,25,27-38,40,43-44H,10,12-19H2,1-8H3/b26-11+/t20-,21+,22+,23-,25+,27-,28-,29+,30-,31+,32?,33-,34-,35+,36-,37+,38+,40?,41-,42-/m0/s1. The van der Waals surface area contributed by atoms with Crippen molar-refractivity contribution in [2.75, 3.05) is 27.9 Å². The Balaban J connectivity index is 0.896. The Morgan fingerprint density at radius 2 is 1.52 bits per heavy atom. The first-order valence-electron chi connectivity index (χ1n) is 20.9. The van der Waals surface area contributed by atoms with E-state index in [1.165, 1.54) is 5.57 Å². The molecule has 0 aromatic rings. The van der Waals surface area contributed by atoms with E-state index < -0.39 is 73.5 Å². The summed E-state index contributed by atoms with van der Waals surface area (Å²) in [6.07, 6.45) is 3.24. The zero-order valence-corrected chi connectivity index (χ0v) is 34.2. The van der Waals surface area contributed by atoms with Gasteiger partial charge in [-0.05, 0) is 82.6 Å². The largest absolute Gasteiger partial charge is 0.459 e. The van der Waals surface area contributed by atoms with Crippen LogP contribution >= 0.6 is 0 Å². The second-order valence-corrected chi connectivity index (χ2v) is 17.9. The van der Waals surface area contributed by atoms with E-state index in [1.54, 1.807) is 28.3 Å². The first-order valence-corrected chi connectivity index (χ1v) is 20.9. The van der Waals surface area contributed by atoms with Crippen LogP contribution in [-0.2, 0) is 56.9 Å². The van der Waals surface area contributed by atoms with Gasteiger partial charge in [-0.2, -0.15) is 0 Å². The van der Waals surface area contributed by atoms with Gasteiger partial charge >= 0.3 is 5.97 Å². The minimum atomic E-state index is -0.870. The predicted molar refractivity (Wildman–Crippen MR) is 198 cm³/mol. The molecule has 6 fully saturated rings. The third-order valence-corrected chi connectivity index (χ3v) is 14.7. The molecule has 8 rings (SSSR count). The Morgan fingerprint density at radius 1 is 0.804 bits per heavy atom. The average Bonchev–Trinajstić information content (AvgIpc) is 3.65. The third kappa shape index (κ3) is 7.36. The van der Waals surface area contributed by atoms with Crippen LogP contribution in [0.5, 0.6) is 0 Å². The predicted octanol–water partition coefficient (Wildman–Crippen LogP) is 3.93. The number of carbonyl (C=O) groups excluding carboxylic acids is 1. The van der Waals surface area contributed by atoms with E-state index in [2.05, 4.69) is 19.1 Å². The van der Waals surface area contributed by atoms with Gasteiger partial charge in [0, 0.05) is 40.6 Å². The minimum Gasteiger partial charge on any atom is -0.459 e. The lowest BCUT2D eigenvalue weighted by Crippen LogP contribution is -2.57. The molecule has 0 radical (unpaired) electrons. The molecular formula is C42H64O14. The molecule has 0 aromatic heterocycles. The number of fused-ring (bicyclic) bond motifs is 3. The molecule has 1 saturated carbocycles. The van der Waals surface area contributed by atoms with Gasteiger partial charge in [0.15, 0.2) is 24.7 Å². The first kappa shape index (κ1) is 41.2. The number of aliphatic hydroxyl groups excluding tert-OH is 2. The van der Waals surface area contributed by atoms with E-state index in [0.717, 1.165) is 31.3 Å². The van der Waals surface area contributed by atoms with Gasteiger partial charge in [0.25, 0.3) is 0 Å². The van der Waals surface area contributed by atoms with E-state index >= 15 is 0 Å². The zero-order chi connectivity index (χ0) is 39.7. The normalized spacial score (nSPS) is 52.9. The summed E-state index contributed by atoms with van der Waals surface area (Å²) in [5.41, 5.74) is 2.27. The number of carbonyl (C=O) groups is 1. The van der Waals surface area contributed by atoms with Crippen LogP contribution in [0.25, 0.3) is 0 Å². The topological polar surface area (TPSA) is 159 Å². The Morgan fingerprint density at radius 3 is 2.25 bits per heavy atom. The van der Waals surface area contributed by atoms with Crippen molar-refractivity contribution in [3.8, 4) is 0 Å². The Labute approximate surface area is 330 Å². The van der Waals surface area contributed by atoms with Gasteiger partial charge in [-0.15, -0.1) is 0 Å². The van der Waals surface area contributed by atoms with Gasteiger partial charge in [0.1, 0.15) is 24.4 Å². The van der Waals surface area contributed by atoms with Crippen LogP contribution in [0.3, 0.4) is 0 Å². The van der Waals surface area contributed by atoms with E-state index in [4.69, 9.17) is 52.1 Å². The average molecular weight is 793 g/mol. The molecule has 2 unspecified atom stereocenters. The van der Waals surface area contributed by atoms with Crippen LogP contribution in [0.4, 0.5) is 0 Å². The van der Waals surface area contributed by atoms with Crippen molar-refractivity contribution in [2.45, 2.75) is 178 Å². The maximum Gasteiger partial charge on any atom is 0.309 e. The molecule has 6 heterocycles. The van der Waals surface area contributed by atoms with Crippen LogP contribution in [0.2, 0.25) is 0 Å². The molecule has 316 valence electrons. The van der Waals surface area contributed by atoms with Gasteiger partial charge in [0.05, 0.1) is 61.2 Å². The molecule has 2 N–H and O–H groups in total. The molecule has 20 atom stereocenters. The van der Waals surface area contributed by atoms with Gasteiger partial charge < -0.3 is 62.3 Å². The lowest BCUT2D eigenvalue weighted by Gasteiger charge is -2.52. The summed E-state index contributed by atoms with van der Waals surface area (Å²) in [5.74, 6) is -1.03. The van der Waals surface area contributed by atoms with Gasteiger partial charge in [0.2, 0.25) is 0 Å². The van der Waals surface area contributed by atoms with Gasteiger partial charge in [-0.3, -0.25) is 4.79 Å². The number of allylic oxidation sites excluding steroid dienone is 3. The van der Waals surface area contributed by atoms with E-state index in [9.17, 15) is 15.0 Å². The molecule has 2 aliphatic carbocycles. The molecule has 0 spiro atoms. The number of ether oxygens (including phenoxy) is 11. The minimum absolute atomic E-state index is 0.0253. The maximum absolute atomic E-state index is 13.9. The fraction of sp³-hybridized carbons (Fsp3) is 0.881. The molecule has 6 aliphatic heterocycles. The Kier molecular flexibility index (Phi) is 11.9. The summed E-state index contributed by atoms with van der Waals surface area (Å²) < 4.78 is 67.4. The quantitative estimate of drug-likeness (QED) is 0.269. The van der Waals surface area contributed by atoms with E-state index in [0.29, 0.717) is 31.8 Å². The van der Waals surface area contributed by atoms with Crippen LogP contribution in [0.1, 0.15) is 86.0 Å². The highest BCUT2D eigenvalue weighted by molar-refractivity contribution is 5.74. The molecule has 0 aromatic carbocycles. The third-order valence-electron chi connectivity index (χ3n) is 14.7. The fourth-order valence-electron chi connectivity index (χ4n) is 11.5. The number of methoxy groups -OCH3 is 3. The first-order chi connectivity index (χ1) is 26.8. The van der Waals surface area contributed by atoms with Crippen molar-refractivity contribution in [3.63, 3.8) is 0 Å². The van der Waals surface area contributed by atoms with Crippen molar-refractivity contribution in [2.24, 2.45) is 29.1 Å². The van der Waals surface area contributed by atoms with Gasteiger partial charge in [-0.25, -0.2) is 0 Å². The van der Waals surface area contributed by atoms with Crippen LogP contribution in [-0.4, -0.2) is 136 Å². The van der Waals surface area contributed by atoms with Crippen LogP contribution < -0.4 is 0 Å². The Hall–Kier alpha value is -1.53. The molecule has 0 bridgehead atoms. The fourth-order valence-corrected chi connectivity index (χ4v) is 11.5. The molecule has 0 amide bonds. The second-order valence-electron chi connectivity index (χ2n) is 17.9. The van der Waals surface area contributed by atoms with Crippen molar-refractivity contribution >= 4 is 5.97 Å². The van der Waals surface area contributed by atoms with E-state index in [-0.39, 0.29) is 53.9 Å². The highest BCUT2D eigenvalue weighted by Crippen LogP contribution is 2.58. The molecule has 8 aliphatic rings. The number of esters is 1. The SMILES string of the molecule is COC1O[C@]2(C)OCC3OC(=O)[C@@H]4CC=C5C[C@@H]([C@H]6C[C@@H](OC)[C@H](O[C@H]7C[C@H](O)[C@H](O[C@H]8C[C@H](OC)[C@@H](O)[C@H](C)O8)[C@@H](C)O7)[C@@H](C)O6)CC[C@]5(C)[C@H]4C/C=C/1[C@H]32. The zero-order valence-electron chi connectivity index (χ0n) is 34.2. The van der Waals surface area contributed by atoms with Crippen molar-refractivity contribution in [1.82, 2.24) is 0 Å². The second kappa shape index (κ2) is 16.2. The van der Waals surface area contributed by atoms with Gasteiger partial charge in [-0.1, -0.05) is 24.6 Å². The number of aliphatic hydroxyl groups is 2. The summed E-state index contributed by atoms with van der Waals surface area (Å²) in [6, 6.07) is 0. The Bertz CT molecular complexity index is 1480. The van der Waals surface area contributed by atoms with Crippen LogP contribution in [0, 0.1) is 29.1 Å². The van der Waals surface area contributed by atoms with Crippen molar-refractivity contribution in [3.05, 3.63) is 23.3 Å². The summed E-state index contributed by atoms with van der Waals surface area (Å²) in [6.45, 7) is 10.2. The lowest BCUT2D eigenvalue weighted by atomic mass is 9.54. The summed E-state index contributed by atoms with van der Waals surface area (Å²) in [4.78, 5) is 13.9. The molecule has 56 heavy (non-hydrogen) atoms. The number of hydrogen-bond donors (Lipinski definition) is 2. The van der Waals surface area contributed by atoms with Crippen molar-refractivity contribution < 1.29 is 67.1 Å². The summed E-state index contributed by atoms with van der Waals surface area (Å²) in [5, 5.41) is 21.6. The maximum atomic E-state index is 13.9. The lowest BCUT2D eigenvalue weighted by molar-refractivity contribution is -0.328. The highest BCUT2D eigenvalue weighted by atomic mass is 16.8. The molecular weight excluding hydrogens is 728 g/mol. The molecule has 5 saturated heterocycles. The highest BCUT2D eigenvalue weighted by Gasteiger charge is 2.61. The monoisotopic (exact) mass is 792 g/mol. The summed E-state index contributed by atoms with van der Waals surface area (Å²) in [7, 11) is 4.92.